The SMILES string of the molecule is CC(C)=CCCC(C)=CCCC(C)=CCC[C@@]1(C)CCc2c(C)cc(O)c(O)c2O1. The van der Waals surface area contributed by atoms with Crippen LogP contribution in [0.1, 0.15) is 90.7 Å². The summed E-state index contributed by atoms with van der Waals surface area (Å²) in [6.07, 6.45) is 15.1. The molecule has 0 radical (unpaired) electrons. The molecule has 1 heterocycles. The Morgan fingerprint density at radius 1 is 1.00 bits per heavy atom. The Bertz CT molecular complexity index is 825. The lowest BCUT2D eigenvalue weighted by atomic mass is 9.86. The minimum atomic E-state index is -0.317. The topological polar surface area (TPSA) is 49.7 Å². The summed E-state index contributed by atoms with van der Waals surface area (Å²) in [5, 5.41) is 20.2. The summed E-state index contributed by atoms with van der Waals surface area (Å²) in [5.74, 6) is 0.242. The summed E-state index contributed by atoms with van der Waals surface area (Å²) in [7, 11) is 0. The van der Waals surface area contributed by atoms with Crippen LogP contribution >= 0.6 is 0 Å². The molecule has 2 N–H and O–H groups in total. The van der Waals surface area contributed by atoms with Crippen LogP contribution in [0.15, 0.2) is 41.0 Å². The summed E-state index contributed by atoms with van der Waals surface area (Å²) in [5.41, 5.74) is 5.95. The monoisotopic (exact) mass is 412 g/mol. The summed E-state index contributed by atoms with van der Waals surface area (Å²) < 4.78 is 6.21. The van der Waals surface area contributed by atoms with Gasteiger partial charge < -0.3 is 14.9 Å². The smallest absolute Gasteiger partial charge is 0.200 e. The Morgan fingerprint density at radius 3 is 2.23 bits per heavy atom. The zero-order chi connectivity index (χ0) is 22.3. The molecule has 0 saturated carbocycles. The van der Waals surface area contributed by atoms with Crippen LogP contribution in [0.3, 0.4) is 0 Å². The Labute approximate surface area is 183 Å². The van der Waals surface area contributed by atoms with E-state index >= 15 is 0 Å². The molecule has 3 heteroatoms. The van der Waals surface area contributed by atoms with E-state index in [1.54, 1.807) is 6.07 Å². The lowest BCUT2D eigenvalue weighted by Crippen LogP contribution is -2.36. The first-order chi connectivity index (χ1) is 14.1. The molecule has 1 aromatic rings. The highest BCUT2D eigenvalue weighted by atomic mass is 16.5. The molecule has 0 saturated heterocycles. The number of hydrogen-bond donors (Lipinski definition) is 2. The predicted octanol–water partition coefficient (Wildman–Crippen LogP) is 7.69. The first-order valence-corrected chi connectivity index (χ1v) is 11.3. The van der Waals surface area contributed by atoms with E-state index in [2.05, 4.69) is 52.8 Å². The first-order valence-electron chi connectivity index (χ1n) is 11.3. The standard InChI is InChI=1S/C27H40O3/c1-19(2)10-7-11-20(3)12-8-13-21(4)14-9-16-27(6)17-15-23-22(5)18-24(28)25(29)26(23)30-27/h10,12,14,18,28-29H,7-9,11,13,15-17H2,1-6H3/t27-/m0/s1. The first kappa shape index (κ1) is 24.1. The van der Waals surface area contributed by atoms with E-state index in [0.717, 1.165) is 62.5 Å². The normalized spacial score (nSPS) is 19.3. The van der Waals surface area contributed by atoms with Crippen LogP contribution in [0.5, 0.6) is 17.2 Å². The number of aryl methyl sites for hydroxylation is 1. The molecule has 0 amide bonds. The van der Waals surface area contributed by atoms with Gasteiger partial charge in [0.05, 0.1) is 0 Å². The minimum Gasteiger partial charge on any atom is -0.504 e. The van der Waals surface area contributed by atoms with E-state index in [1.165, 1.54) is 16.7 Å². The maximum atomic E-state index is 10.2. The van der Waals surface area contributed by atoms with Crippen molar-refractivity contribution in [2.24, 2.45) is 0 Å². The van der Waals surface area contributed by atoms with E-state index in [9.17, 15) is 10.2 Å². The van der Waals surface area contributed by atoms with Gasteiger partial charge in [0, 0.05) is 5.56 Å². The van der Waals surface area contributed by atoms with Crippen molar-refractivity contribution in [3.05, 3.63) is 52.1 Å². The van der Waals surface area contributed by atoms with Crippen molar-refractivity contribution < 1.29 is 14.9 Å². The Balaban J connectivity index is 1.84. The molecule has 0 spiro atoms. The molecule has 1 aliphatic rings. The Kier molecular flexibility index (Phi) is 8.64. The fourth-order valence-electron chi connectivity index (χ4n) is 4.05. The van der Waals surface area contributed by atoms with Crippen LogP contribution in [-0.2, 0) is 6.42 Å². The minimum absolute atomic E-state index is 0.101. The molecule has 0 fully saturated rings. The van der Waals surface area contributed by atoms with Gasteiger partial charge in [0.2, 0.25) is 5.75 Å². The maximum absolute atomic E-state index is 10.2. The second kappa shape index (κ2) is 10.7. The molecular weight excluding hydrogens is 372 g/mol. The second-order valence-electron chi connectivity index (χ2n) is 9.42. The van der Waals surface area contributed by atoms with Crippen molar-refractivity contribution in [3.63, 3.8) is 0 Å². The third kappa shape index (κ3) is 6.97. The van der Waals surface area contributed by atoms with E-state index in [-0.39, 0.29) is 17.1 Å². The average Bonchev–Trinajstić information content (AvgIpc) is 2.65. The van der Waals surface area contributed by atoms with Crippen molar-refractivity contribution in [1.29, 1.82) is 0 Å². The van der Waals surface area contributed by atoms with Crippen molar-refractivity contribution in [2.45, 2.75) is 98.5 Å². The molecule has 30 heavy (non-hydrogen) atoms. The Morgan fingerprint density at radius 2 is 1.60 bits per heavy atom. The zero-order valence-corrected chi connectivity index (χ0v) is 19.8. The number of ether oxygens (including phenoxy) is 1. The van der Waals surface area contributed by atoms with Gasteiger partial charge in [-0.3, -0.25) is 0 Å². The molecule has 1 aliphatic heterocycles. The number of allylic oxidation sites excluding steroid dienone is 6. The van der Waals surface area contributed by atoms with Crippen LogP contribution in [0.25, 0.3) is 0 Å². The lowest BCUT2D eigenvalue weighted by molar-refractivity contribution is 0.0531. The summed E-state index contributed by atoms with van der Waals surface area (Å²) >= 11 is 0. The van der Waals surface area contributed by atoms with Crippen LogP contribution in [0.2, 0.25) is 0 Å². The molecule has 3 nitrogen and oxygen atoms in total. The zero-order valence-electron chi connectivity index (χ0n) is 19.8. The van der Waals surface area contributed by atoms with E-state index in [4.69, 9.17) is 4.74 Å². The van der Waals surface area contributed by atoms with Crippen molar-refractivity contribution in [2.75, 3.05) is 0 Å². The average molecular weight is 413 g/mol. The number of hydrogen-bond acceptors (Lipinski definition) is 3. The van der Waals surface area contributed by atoms with Crippen molar-refractivity contribution in [1.82, 2.24) is 0 Å². The Hall–Kier alpha value is -2.16. The molecule has 1 aromatic carbocycles. The number of phenolic OH excluding ortho intramolecular Hbond substituents is 2. The van der Waals surface area contributed by atoms with Gasteiger partial charge in [-0.15, -0.1) is 0 Å². The third-order valence-corrected chi connectivity index (χ3v) is 6.10. The van der Waals surface area contributed by atoms with Gasteiger partial charge in [0.1, 0.15) is 5.60 Å². The van der Waals surface area contributed by atoms with Gasteiger partial charge in [-0.25, -0.2) is 0 Å². The summed E-state index contributed by atoms with van der Waals surface area (Å²) in [4.78, 5) is 0. The molecule has 2 rings (SSSR count). The molecule has 0 bridgehead atoms. The third-order valence-electron chi connectivity index (χ3n) is 6.10. The number of benzene rings is 1. The highest BCUT2D eigenvalue weighted by molar-refractivity contribution is 5.58. The number of fused-ring (bicyclic) bond motifs is 1. The molecule has 0 aromatic heterocycles. The van der Waals surface area contributed by atoms with Gasteiger partial charge in [0.15, 0.2) is 11.5 Å². The highest BCUT2D eigenvalue weighted by Crippen LogP contribution is 2.47. The van der Waals surface area contributed by atoms with Gasteiger partial charge >= 0.3 is 0 Å². The van der Waals surface area contributed by atoms with Gasteiger partial charge in [-0.2, -0.15) is 0 Å². The largest absolute Gasteiger partial charge is 0.504 e. The van der Waals surface area contributed by atoms with E-state index < -0.39 is 0 Å². The predicted molar refractivity (Wildman–Crippen MR) is 127 cm³/mol. The van der Waals surface area contributed by atoms with Crippen molar-refractivity contribution in [3.8, 4) is 17.2 Å². The fraction of sp³-hybridized carbons (Fsp3) is 0.556. The van der Waals surface area contributed by atoms with Gasteiger partial charge in [-0.1, -0.05) is 34.9 Å². The van der Waals surface area contributed by atoms with Gasteiger partial charge in [0.25, 0.3) is 0 Å². The summed E-state index contributed by atoms with van der Waals surface area (Å²) in [6, 6.07) is 1.62. The van der Waals surface area contributed by atoms with E-state index in [0.29, 0.717) is 5.75 Å². The lowest BCUT2D eigenvalue weighted by Gasteiger charge is -2.36. The highest BCUT2D eigenvalue weighted by Gasteiger charge is 2.34. The van der Waals surface area contributed by atoms with Crippen LogP contribution < -0.4 is 4.74 Å². The molecule has 166 valence electrons. The number of aromatic hydroxyl groups is 2. The molecular formula is C27H40O3. The van der Waals surface area contributed by atoms with Crippen LogP contribution in [0.4, 0.5) is 0 Å². The quantitative estimate of drug-likeness (QED) is 0.323. The molecule has 1 atom stereocenters. The second-order valence-corrected chi connectivity index (χ2v) is 9.42. The van der Waals surface area contributed by atoms with Crippen LogP contribution in [0, 0.1) is 6.92 Å². The number of phenols is 2. The fourth-order valence-corrected chi connectivity index (χ4v) is 4.05. The van der Waals surface area contributed by atoms with Crippen LogP contribution in [-0.4, -0.2) is 15.8 Å². The van der Waals surface area contributed by atoms with Gasteiger partial charge in [-0.05, 0) is 105 Å². The maximum Gasteiger partial charge on any atom is 0.200 e. The van der Waals surface area contributed by atoms with Crippen molar-refractivity contribution >= 4 is 0 Å². The summed E-state index contributed by atoms with van der Waals surface area (Å²) in [6.45, 7) is 12.8. The van der Waals surface area contributed by atoms with E-state index in [1.807, 2.05) is 6.92 Å². The number of rotatable bonds is 9. The molecule has 0 aliphatic carbocycles. The molecule has 0 unspecified atom stereocenters.